The molecule has 1 saturated heterocycles. The third kappa shape index (κ3) is 4.08. The van der Waals surface area contributed by atoms with Gasteiger partial charge < -0.3 is 5.32 Å². The van der Waals surface area contributed by atoms with Gasteiger partial charge in [0, 0.05) is 32.7 Å². The molecule has 1 aromatic heterocycles. The summed E-state index contributed by atoms with van der Waals surface area (Å²) in [5.41, 5.74) is 1.68. The normalized spacial score (nSPS) is 17.3. The molecule has 2 aromatic rings. The van der Waals surface area contributed by atoms with Crippen LogP contribution in [0.5, 0.6) is 0 Å². The molecule has 8 heteroatoms. The summed E-state index contributed by atoms with van der Waals surface area (Å²) in [4.78, 5) is 30.4. The van der Waals surface area contributed by atoms with E-state index in [4.69, 9.17) is 0 Å². The van der Waals surface area contributed by atoms with E-state index in [1.165, 1.54) is 0 Å². The van der Waals surface area contributed by atoms with Crippen molar-refractivity contribution in [1.82, 2.24) is 25.0 Å². The Bertz CT molecular complexity index is 779. The van der Waals surface area contributed by atoms with Gasteiger partial charge in [-0.1, -0.05) is 12.1 Å². The van der Waals surface area contributed by atoms with E-state index >= 15 is 0 Å². The maximum absolute atomic E-state index is 12.3. The number of nitrogens with zero attached hydrogens (tertiary/aromatic N) is 4. The topological polar surface area (TPSA) is 92.2 Å². The van der Waals surface area contributed by atoms with Crippen molar-refractivity contribution in [3.05, 3.63) is 41.2 Å². The second-order valence-corrected chi connectivity index (χ2v) is 6.59. The number of anilines is 1. The van der Waals surface area contributed by atoms with Crippen LogP contribution in [0.4, 0.5) is 5.95 Å². The number of likely N-dealkylation sites (tertiary alicyclic amines) is 1. The van der Waals surface area contributed by atoms with Gasteiger partial charge in [-0.05, 0) is 37.6 Å². The number of rotatable bonds is 5. The quantitative estimate of drug-likeness (QED) is 0.832. The lowest BCUT2D eigenvalue weighted by Gasteiger charge is -2.16. The van der Waals surface area contributed by atoms with Crippen LogP contribution >= 0.6 is 0 Å². The second kappa shape index (κ2) is 7.65. The summed E-state index contributed by atoms with van der Waals surface area (Å²) in [5.74, 6) is 0.980. The molecule has 2 N–H and O–H groups in total. The van der Waals surface area contributed by atoms with Gasteiger partial charge in [-0.2, -0.15) is 4.98 Å². The zero-order chi connectivity index (χ0) is 18.7. The largest absolute Gasteiger partial charge is 0.359 e. The molecule has 1 aliphatic heterocycles. The second-order valence-electron chi connectivity index (χ2n) is 6.59. The minimum absolute atomic E-state index is 0.0689. The Morgan fingerprint density at radius 2 is 2.00 bits per heavy atom. The number of aromatic nitrogens is 3. The fourth-order valence-corrected chi connectivity index (χ4v) is 3.10. The lowest BCUT2D eigenvalue weighted by molar-refractivity contribution is -0.124. The average molecular weight is 356 g/mol. The van der Waals surface area contributed by atoms with Crippen molar-refractivity contribution in [2.45, 2.75) is 19.9 Å². The first-order valence-corrected chi connectivity index (χ1v) is 8.68. The summed E-state index contributed by atoms with van der Waals surface area (Å²) in [6.07, 6.45) is 0.886. The molecule has 1 fully saturated rings. The maximum Gasteiger partial charge on any atom is 0.258 e. The van der Waals surface area contributed by atoms with E-state index in [0.29, 0.717) is 11.5 Å². The van der Waals surface area contributed by atoms with Gasteiger partial charge in [0.1, 0.15) is 5.82 Å². The van der Waals surface area contributed by atoms with Crippen molar-refractivity contribution in [2.75, 3.05) is 25.5 Å². The Morgan fingerprint density at radius 1 is 1.27 bits per heavy atom. The van der Waals surface area contributed by atoms with Crippen LogP contribution in [0.3, 0.4) is 0 Å². The molecule has 1 aliphatic rings. The highest BCUT2D eigenvalue weighted by molar-refractivity contribution is 6.03. The molecule has 0 aliphatic carbocycles. The first-order valence-electron chi connectivity index (χ1n) is 8.68. The van der Waals surface area contributed by atoms with Crippen LogP contribution in [-0.4, -0.2) is 51.6 Å². The minimum atomic E-state index is -0.233. The van der Waals surface area contributed by atoms with Gasteiger partial charge in [0.15, 0.2) is 0 Å². The highest BCUT2D eigenvalue weighted by Gasteiger charge is 2.27. The van der Waals surface area contributed by atoms with Crippen molar-refractivity contribution < 1.29 is 9.59 Å². The number of nitrogens with one attached hydrogen (secondary N) is 2. The number of hydrogen-bond acceptors (Lipinski definition) is 5. The number of aryl methyl sites for hydroxylation is 2. The third-order valence-corrected chi connectivity index (χ3v) is 4.72. The molecule has 26 heavy (non-hydrogen) atoms. The lowest BCUT2D eigenvalue weighted by atomic mass is 10.1. The molecule has 8 nitrogen and oxygen atoms in total. The number of hydrogen-bond donors (Lipinski definition) is 2. The Morgan fingerprint density at radius 3 is 2.62 bits per heavy atom. The highest BCUT2D eigenvalue weighted by Crippen LogP contribution is 2.19. The number of benzene rings is 1. The van der Waals surface area contributed by atoms with Gasteiger partial charge in [0.25, 0.3) is 5.91 Å². The van der Waals surface area contributed by atoms with E-state index in [9.17, 15) is 9.59 Å². The summed E-state index contributed by atoms with van der Waals surface area (Å²) in [5, 5.41) is 9.54. The van der Waals surface area contributed by atoms with E-state index in [2.05, 4.69) is 25.6 Å². The fraction of sp³-hybridized carbons (Fsp3) is 0.444. The highest BCUT2D eigenvalue weighted by atomic mass is 16.2. The summed E-state index contributed by atoms with van der Waals surface area (Å²) in [6.45, 7) is 4.28. The van der Waals surface area contributed by atoms with Crippen LogP contribution in [0.2, 0.25) is 0 Å². The van der Waals surface area contributed by atoms with Gasteiger partial charge in [-0.3, -0.25) is 24.5 Å². The monoisotopic (exact) mass is 356 g/mol. The van der Waals surface area contributed by atoms with E-state index in [1.54, 1.807) is 30.9 Å². The minimum Gasteiger partial charge on any atom is -0.359 e. The zero-order valence-electron chi connectivity index (χ0n) is 15.3. The molecule has 0 bridgehead atoms. The molecule has 0 radical (unpaired) electrons. The first kappa shape index (κ1) is 18.1. The van der Waals surface area contributed by atoms with Crippen molar-refractivity contribution in [3.63, 3.8) is 0 Å². The molecule has 2 amide bonds. The summed E-state index contributed by atoms with van der Waals surface area (Å²) >= 11 is 0. The van der Waals surface area contributed by atoms with Crippen LogP contribution < -0.4 is 10.6 Å². The van der Waals surface area contributed by atoms with Gasteiger partial charge >= 0.3 is 0 Å². The summed E-state index contributed by atoms with van der Waals surface area (Å²) in [7, 11) is 3.45. The Kier molecular flexibility index (Phi) is 5.32. The first-order chi connectivity index (χ1) is 12.5. The van der Waals surface area contributed by atoms with Gasteiger partial charge in [0.05, 0.1) is 5.92 Å². The maximum atomic E-state index is 12.3. The molecule has 2 heterocycles. The fourth-order valence-electron chi connectivity index (χ4n) is 3.10. The number of carbonyl (C=O) groups excluding carboxylic acids is 2. The molecule has 138 valence electrons. The van der Waals surface area contributed by atoms with Crippen LogP contribution in [0.25, 0.3) is 0 Å². The van der Waals surface area contributed by atoms with Crippen LogP contribution in [0, 0.1) is 12.8 Å². The number of amides is 2. The summed E-state index contributed by atoms with van der Waals surface area (Å²) < 4.78 is 1.61. The van der Waals surface area contributed by atoms with Crippen LogP contribution in [0.15, 0.2) is 24.3 Å². The summed E-state index contributed by atoms with van der Waals surface area (Å²) in [6, 6.07) is 7.48. The van der Waals surface area contributed by atoms with Crippen molar-refractivity contribution in [3.8, 4) is 0 Å². The Labute approximate surface area is 152 Å². The molecule has 0 unspecified atom stereocenters. The van der Waals surface area contributed by atoms with Crippen molar-refractivity contribution in [1.29, 1.82) is 0 Å². The number of carbonyl (C=O) groups is 2. The van der Waals surface area contributed by atoms with E-state index in [0.717, 1.165) is 37.4 Å². The predicted octanol–water partition coefficient (Wildman–Crippen LogP) is 0.944. The smallest absolute Gasteiger partial charge is 0.258 e. The lowest BCUT2D eigenvalue weighted by Crippen LogP contribution is -2.30. The molecule has 0 saturated carbocycles. The Hall–Kier alpha value is -2.74. The van der Waals surface area contributed by atoms with Gasteiger partial charge in [-0.15, -0.1) is 5.10 Å². The Balaban J connectivity index is 1.56. The van der Waals surface area contributed by atoms with Crippen LogP contribution in [0.1, 0.15) is 28.2 Å². The third-order valence-electron chi connectivity index (χ3n) is 4.72. The molecular weight excluding hydrogens is 332 g/mol. The zero-order valence-corrected chi connectivity index (χ0v) is 15.3. The standard InChI is InChI=1S/C18H24N6O2/c1-12-20-18(22-23(12)3)21-17(26)14-6-4-13(5-7-14)10-24-9-8-15(11-24)16(25)19-2/h4-7,15H,8-11H2,1-3H3,(H,19,25)(H,21,22,26)/t15-/m0/s1. The van der Waals surface area contributed by atoms with E-state index in [-0.39, 0.29) is 17.7 Å². The van der Waals surface area contributed by atoms with Crippen molar-refractivity contribution >= 4 is 17.8 Å². The molecular formula is C18H24N6O2. The molecule has 1 aromatic carbocycles. The van der Waals surface area contributed by atoms with Crippen molar-refractivity contribution in [2.24, 2.45) is 13.0 Å². The van der Waals surface area contributed by atoms with E-state index in [1.807, 2.05) is 19.1 Å². The SMILES string of the molecule is CNC(=O)[C@H]1CCN(Cc2ccc(C(=O)Nc3nc(C)n(C)n3)cc2)C1. The molecule has 1 atom stereocenters. The molecule has 3 rings (SSSR count). The predicted molar refractivity (Wildman–Crippen MR) is 97.6 cm³/mol. The van der Waals surface area contributed by atoms with E-state index < -0.39 is 0 Å². The van der Waals surface area contributed by atoms with Crippen LogP contribution in [-0.2, 0) is 18.4 Å². The van der Waals surface area contributed by atoms with Gasteiger partial charge in [0.2, 0.25) is 11.9 Å². The molecule has 0 spiro atoms. The van der Waals surface area contributed by atoms with Gasteiger partial charge in [-0.25, -0.2) is 0 Å². The average Bonchev–Trinajstić information content (AvgIpc) is 3.21.